The minimum absolute atomic E-state index is 0.694. The Morgan fingerprint density at radius 3 is 2.88 bits per heavy atom. The first kappa shape index (κ1) is 12.7. The summed E-state index contributed by atoms with van der Waals surface area (Å²) in [4.78, 5) is 0. The number of thiophene rings is 1. The van der Waals surface area contributed by atoms with Gasteiger partial charge in [-0.05, 0) is 51.1 Å². The van der Waals surface area contributed by atoms with Gasteiger partial charge in [-0.25, -0.2) is 0 Å². The molecule has 0 unspecified atom stereocenters. The average Bonchev–Trinajstić information content (AvgIpc) is 2.73. The number of anilines is 1. The van der Waals surface area contributed by atoms with E-state index >= 15 is 0 Å². The lowest BCUT2D eigenvalue weighted by Gasteiger charge is -2.10. The number of methoxy groups -OCH3 is 1. The fourth-order valence-corrected chi connectivity index (χ4v) is 2.84. The fraction of sp³-hybridized carbons (Fsp3) is 0.167. The first-order valence-electron chi connectivity index (χ1n) is 4.99. The predicted octanol–water partition coefficient (Wildman–Crippen LogP) is 4.78. The van der Waals surface area contributed by atoms with Gasteiger partial charge in [-0.1, -0.05) is 11.6 Å². The van der Waals surface area contributed by atoms with Crippen molar-refractivity contribution in [3.63, 3.8) is 0 Å². The number of hydrogen-bond acceptors (Lipinski definition) is 3. The number of nitrogens with one attached hydrogen (secondary N) is 1. The van der Waals surface area contributed by atoms with Crippen molar-refractivity contribution < 1.29 is 4.74 Å². The van der Waals surface area contributed by atoms with Crippen LogP contribution in [0.15, 0.2) is 33.4 Å². The molecule has 5 heteroatoms. The molecule has 0 bridgehead atoms. The van der Waals surface area contributed by atoms with Crippen LogP contribution in [0.5, 0.6) is 5.75 Å². The Morgan fingerprint density at radius 2 is 2.24 bits per heavy atom. The van der Waals surface area contributed by atoms with Gasteiger partial charge in [0.15, 0.2) is 0 Å². The van der Waals surface area contributed by atoms with E-state index in [2.05, 4.69) is 32.7 Å². The molecule has 2 nitrogen and oxygen atoms in total. The van der Waals surface area contributed by atoms with Crippen molar-refractivity contribution >= 4 is 44.6 Å². The van der Waals surface area contributed by atoms with Crippen LogP contribution in [0.25, 0.3) is 0 Å². The van der Waals surface area contributed by atoms with E-state index in [9.17, 15) is 0 Å². The van der Waals surface area contributed by atoms with Crippen molar-refractivity contribution in [1.29, 1.82) is 0 Å². The summed E-state index contributed by atoms with van der Waals surface area (Å²) < 4.78 is 6.40. The number of rotatable bonds is 4. The SMILES string of the molecule is COc1ccc(Cl)cc1NCc1csc(Br)c1. The summed E-state index contributed by atoms with van der Waals surface area (Å²) in [5.41, 5.74) is 2.13. The number of hydrogen-bond donors (Lipinski definition) is 1. The summed E-state index contributed by atoms with van der Waals surface area (Å²) in [6.45, 7) is 0.749. The van der Waals surface area contributed by atoms with Gasteiger partial charge in [-0.3, -0.25) is 0 Å². The second kappa shape index (κ2) is 5.76. The van der Waals surface area contributed by atoms with Gasteiger partial charge in [0.25, 0.3) is 0 Å². The highest BCUT2D eigenvalue weighted by Crippen LogP contribution is 2.29. The third kappa shape index (κ3) is 3.37. The molecular weight excluding hydrogens is 322 g/mol. The molecule has 1 heterocycles. The van der Waals surface area contributed by atoms with Crippen molar-refractivity contribution in [3.8, 4) is 5.75 Å². The standard InChI is InChI=1S/C12H11BrClNOS/c1-16-11-3-2-9(14)5-10(11)15-6-8-4-12(13)17-7-8/h2-5,7,15H,6H2,1H3. The van der Waals surface area contributed by atoms with E-state index in [0.29, 0.717) is 5.02 Å². The van der Waals surface area contributed by atoms with Crippen LogP contribution in [0.4, 0.5) is 5.69 Å². The number of benzene rings is 1. The quantitative estimate of drug-likeness (QED) is 0.869. The molecule has 0 atom stereocenters. The Kier molecular flexibility index (Phi) is 4.31. The largest absolute Gasteiger partial charge is 0.495 e. The molecule has 0 aliphatic carbocycles. The molecule has 0 aliphatic heterocycles. The van der Waals surface area contributed by atoms with Crippen LogP contribution in [0, 0.1) is 0 Å². The lowest BCUT2D eigenvalue weighted by molar-refractivity contribution is 0.416. The fourth-order valence-electron chi connectivity index (χ4n) is 1.45. The summed E-state index contributed by atoms with van der Waals surface area (Å²) in [6, 6.07) is 7.62. The molecule has 1 aromatic carbocycles. The van der Waals surface area contributed by atoms with E-state index < -0.39 is 0 Å². The number of halogens is 2. The molecule has 1 N–H and O–H groups in total. The van der Waals surface area contributed by atoms with Crippen LogP contribution >= 0.6 is 38.9 Å². The van der Waals surface area contributed by atoms with Crippen molar-refractivity contribution in [2.45, 2.75) is 6.54 Å². The summed E-state index contributed by atoms with van der Waals surface area (Å²) >= 11 is 11.1. The van der Waals surface area contributed by atoms with E-state index in [1.807, 2.05) is 18.2 Å². The van der Waals surface area contributed by atoms with Crippen LogP contribution in [0.3, 0.4) is 0 Å². The molecule has 0 saturated carbocycles. The van der Waals surface area contributed by atoms with Crippen molar-refractivity contribution in [2.24, 2.45) is 0 Å². The summed E-state index contributed by atoms with van der Waals surface area (Å²) in [5.74, 6) is 0.795. The van der Waals surface area contributed by atoms with Gasteiger partial charge < -0.3 is 10.1 Å². The second-order valence-electron chi connectivity index (χ2n) is 3.46. The normalized spacial score (nSPS) is 10.3. The van der Waals surface area contributed by atoms with Crippen molar-refractivity contribution in [1.82, 2.24) is 0 Å². The van der Waals surface area contributed by atoms with Crippen LogP contribution in [0.2, 0.25) is 5.02 Å². The Balaban J connectivity index is 2.10. The van der Waals surface area contributed by atoms with Crippen LogP contribution in [-0.4, -0.2) is 7.11 Å². The monoisotopic (exact) mass is 331 g/mol. The van der Waals surface area contributed by atoms with Gasteiger partial charge in [0.1, 0.15) is 5.75 Å². The molecule has 0 fully saturated rings. The van der Waals surface area contributed by atoms with Crippen LogP contribution in [-0.2, 0) is 6.54 Å². The zero-order valence-corrected chi connectivity index (χ0v) is 12.3. The maximum atomic E-state index is 5.96. The Bertz CT molecular complexity index is 515. The van der Waals surface area contributed by atoms with Crippen LogP contribution < -0.4 is 10.1 Å². The molecule has 0 radical (unpaired) electrons. The summed E-state index contributed by atoms with van der Waals surface area (Å²) in [7, 11) is 1.65. The minimum atomic E-state index is 0.694. The Hall–Kier alpha value is -0.710. The van der Waals surface area contributed by atoms with E-state index in [4.69, 9.17) is 16.3 Å². The average molecular weight is 333 g/mol. The maximum absolute atomic E-state index is 5.96. The molecule has 0 amide bonds. The van der Waals surface area contributed by atoms with Gasteiger partial charge in [0.05, 0.1) is 16.6 Å². The highest BCUT2D eigenvalue weighted by Gasteiger charge is 2.04. The van der Waals surface area contributed by atoms with E-state index in [0.717, 1.165) is 21.8 Å². The zero-order chi connectivity index (χ0) is 12.3. The van der Waals surface area contributed by atoms with E-state index in [1.165, 1.54) is 5.56 Å². The molecule has 0 spiro atoms. The molecule has 90 valence electrons. The summed E-state index contributed by atoms with van der Waals surface area (Å²) in [6.07, 6.45) is 0. The first-order chi connectivity index (χ1) is 8.19. The van der Waals surface area contributed by atoms with E-state index in [1.54, 1.807) is 18.4 Å². The van der Waals surface area contributed by atoms with Gasteiger partial charge in [-0.15, -0.1) is 11.3 Å². The van der Waals surface area contributed by atoms with Gasteiger partial charge in [-0.2, -0.15) is 0 Å². The Morgan fingerprint density at radius 1 is 1.41 bits per heavy atom. The number of ether oxygens (including phenoxy) is 1. The lowest BCUT2D eigenvalue weighted by Crippen LogP contribution is -2.00. The highest BCUT2D eigenvalue weighted by molar-refractivity contribution is 9.11. The lowest BCUT2D eigenvalue weighted by atomic mass is 10.2. The Labute approximate surface area is 118 Å². The zero-order valence-electron chi connectivity index (χ0n) is 9.17. The van der Waals surface area contributed by atoms with E-state index in [-0.39, 0.29) is 0 Å². The molecular formula is C12H11BrClNOS. The van der Waals surface area contributed by atoms with Gasteiger partial charge >= 0.3 is 0 Å². The predicted molar refractivity (Wildman–Crippen MR) is 77.3 cm³/mol. The highest BCUT2D eigenvalue weighted by atomic mass is 79.9. The molecule has 0 aliphatic rings. The van der Waals surface area contributed by atoms with Crippen molar-refractivity contribution in [3.05, 3.63) is 44.0 Å². The second-order valence-corrected chi connectivity index (χ2v) is 6.18. The third-order valence-corrected chi connectivity index (χ3v) is 4.05. The smallest absolute Gasteiger partial charge is 0.142 e. The maximum Gasteiger partial charge on any atom is 0.142 e. The van der Waals surface area contributed by atoms with Crippen molar-refractivity contribution in [2.75, 3.05) is 12.4 Å². The summed E-state index contributed by atoms with van der Waals surface area (Å²) in [5, 5.41) is 6.11. The van der Waals surface area contributed by atoms with Gasteiger partial charge in [0.2, 0.25) is 0 Å². The first-order valence-corrected chi connectivity index (χ1v) is 7.04. The third-order valence-electron chi connectivity index (χ3n) is 2.27. The molecule has 17 heavy (non-hydrogen) atoms. The topological polar surface area (TPSA) is 21.3 Å². The molecule has 0 saturated heterocycles. The molecule has 1 aromatic heterocycles. The van der Waals surface area contributed by atoms with Gasteiger partial charge in [0, 0.05) is 11.6 Å². The molecule has 2 rings (SSSR count). The van der Waals surface area contributed by atoms with Crippen LogP contribution in [0.1, 0.15) is 5.56 Å². The minimum Gasteiger partial charge on any atom is -0.495 e. The molecule has 2 aromatic rings.